The summed E-state index contributed by atoms with van der Waals surface area (Å²) in [5.74, 6) is -0.137. The van der Waals surface area contributed by atoms with Crippen molar-refractivity contribution < 1.29 is 9.90 Å². The van der Waals surface area contributed by atoms with Crippen LogP contribution in [-0.2, 0) is 0 Å². The Labute approximate surface area is 116 Å². The van der Waals surface area contributed by atoms with Gasteiger partial charge in [0.2, 0.25) is 0 Å². The van der Waals surface area contributed by atoms with Gasteiger partial charge in [-0.2, -0.15) is 0 Å². The zero-order chi connectivity index (χ0) is 14.0. The number of aryl methyl sites for hydroxylation is 1. The smallest absolute Gasteiger partial charge is 0.337 e. The van der Waals surface area contributed by atoms with E-state index in [0.717, 1.165) is 11.4 Å². The van der Waals surface area contributed by atoms with Crippen LogP contribution >= 0.6 is 11.3 Å². The molecule has 0 aliphatic rings. The first-order valence-corrected chi connectivity index (χ1v) is 6.85. The molecule has 1 N–H and O–H groups in total. The molecule has 0 saturated carbocycles. The first-order valence-electron chi connectivity index (χ1n) is 5.97. The third-order valence-corrected chi connectivity index (χ3v) is 4.21. The van der Waals surface area contributed by atoms with Crippen molar-refractivity contribution in [1.82, 2.24) is 4.98 Å². The van der Waals surface area contributed by atoms with Gasteiger partial charge in [0.05, 0.1) is 11.6 Å². The zero-order valence-electron chi connectivity index (χ0n) is 11.1. The summed E-state index contributed by atoms with van der Waals surface area (Å²) in [6.07, 6.45) is 1.41. The van der Waals surface area contributed by atoms with Gasteiger partial charge in [0.15, 0.2) is 0 Å². The lowest BCUT2D eigenvalue weighted by molar-refractivity contribution is 0.0696. The van der Waals surface area contributed by atoms with Crippen LogP contribution in [0.3, 0.4) is 0 Å². The molecule has 100 valence electrons. The van der Waals surface area contributed by atoms with Crippen molar-refractivity contribution >= 4 is 23.1 Å². The van der Waals surface area contributed by atoms with Crippen LogP contribution in [0.2, 0.25) is 0 Å². The standard InChI is InChI=1S/C14H16N2O2S/c1-9-7-11(14(17)18)8-15-13(9)16(3)10(2)12-5-4-6-19-12/h4-8,10H,1-3H3,(H,17,18). The van der Waals surface area contributed by atoms with E-state index in [1.54, 1.807) is 17.4 Å². The summed E-state index contributed by atoms with van der Waals surface area (Å²) < 4.78 is 0. The molecule has 0 bridgehead atoms. The molecule has 0 aliphatic heterocycles. The number of thiophene rings is 1. The Hall–Kier alpha value is -1.88. The van der Waals surface area contributed by atoms with Gasteiger partial charge in [-0.25, -0.2) is 9.78 Å². The Balaban J connectivity index is 2.29. The van der Waals surface area contributed by atoms with Crippen LogP contribution in [0.25, 0.3) is 0 Å². The van der Waals surface area contributed by atoms with E-state index in [1.807, 2.05) is 25.4 Å². The highest BCUT2D eigenvalue weighted by atomic mass is 32.1. The fourth-order valence-corrected chi connectivity index (χ4v) is 2.78. The summed E-state index contributed by atoms with van der Waals surface area (Å²) in [4.78, 5) is 18.5. The van der Waals surface area contributed by atoms with Crippen molar-refractivity contribution in [2.24, 2.45) is 0 Å². The summed E-state index contributed by atoms with van der Waals surface area (Å²) in [6, 6.07) is 5.98. The minimum absolute atomic E-state index is 0.210. The summed E-state index contributed by atoms with van der Waals surface area (Å²) in [5.41, 5.74) is 1.09. The van der Waals surface area contributed by atoms with Crippen molar-refractivity contribution in [1.29, 1.82) is 0 Å². The van der Waals surface area contributed by atoms with Crippen LogP contribution in [0, 0.1) is 6.92 Å². The highest BCUT2D eigenvalue weighted by molar-refractivity contribution is 7.10. The minimum Gasteiger partial charge on any atom is -0.478 e. The van der Waals surface area contributed by atoms with Crippen molar-refractivity contribution in [2.45, 2.75) is 19.9 Å². The third kappa shape index (κ3) is 2.76. The molecule has 4 nitrogen and oxygen atoms in total. The molecule has 5 heteroatoms. The van der Waals surface area contributed by atoms with Crippen LogP contribution in [0.15, 0.2) is 29.8 Å². The number of aromatic carboxylic acids is 1. The molecule has 2 aromatic rings. The molecule has 19 heavy (non-hydrogen) atoms. The van der Waals surface area contributed by atoms with E-state index < -0.39 is 5.97 Å². The zero-order valence-corrected chi connectivity index (χ0v) is 11.9. The van der Waals surface area contributed by atoms with Crippen LogP contribution in [0.1, 0.15) is 33.8 Å². The number of carboxylic acids is 1. The van der Waals surface area contributed by atoms with Gasteiger partial charge >= 0.3 is 5.97 Å². The third-order valence-electron chi connectivity index (χ3n) is 3.17. The average molecular weight is 276 g/mol. The highest BCUT2D eigenvalue weighted by Gasteiger charge is 2.17. The number of pyridine rings is 1. The topological polar surface area (TPSA) is 53.4 Å². The highest BCUT2D eigenvalue weighted by Crippen LogP contribution is 2.28. The number of rotatable bonds is 4. The van der Waals surface area contributed by atoms with Gasteiger partial charge in [0.25, 0.3) is 0 Å². The lowest BCUT2D eigenvalue weighted by Gasteiger charge is -2.26. The predicted molar refractivity (Wildman–Crippen MR) is 77.1 cm³/mol. The first kappa shape index (κ1) is 13.5. The van der Waals surface area contributed by atoms with Gasteiger partial charge in [0, 0.05) is 18.1 Å². The maximum absolute atomic E-state index is 10.9. The van der Waals surface area contributed by atoms with Gasteiger partial charge in [0.1, 0.15) is 5.82 Å². The molecule has 2 rings (SSSR count). The molecule has 0 spiro atoms. The fourth-order valence-electron chi connectivity index (χ4n) is 1.96. The molecule has 0 aromatic carbocycles. The second-order valence-electron chi connectivity index (χ2n) is 4.47. The Morgan fingerprint density at radius 3 is 2.79 bits per heavy atom. The molecular formula is C14H16N2O2S. The predicted octanol–water partition coefficient (Wildman–Crippen LogP) is 3.35. The maximum Gasteiger partial charge on any atom is 0.337 e. The number of aromatic nitrogens is 1. The SMILES string of the molecule is Cc1cc(C(=O)O)cnc1N(C)C(C)c1cccs1. The van der Waals surface area contributed by atoms with Gasteiger partial charge in [-0.3, -0.25) is 0 Å². The summed E-state index contributed by atoms with van der Waals surface area (Å²) in [6.45, 7) is 3.99. The molecule has 0 radical (unpaired) electrons. The van der Waals surface area contributed by atoms with Crippen LogP contribution in [-0.4, -0.2) is 23.1 Å². The fraction of sp³-hybridized carbons (Fsp3) is 0.286. The Bertz CT molecular complexity index is 581. The van der Waals surface area contributed by atoms with E-state index in [4.69, 9.17) is 5.11 Å². The Morgan fingerprint density at radius 2 is 2.26 bits per heavy atom. The van der Waals surface area contributed by atoms with Gasteiger partial charge in [-0.05, 0) is 36.9 Å². The van der Waals surface area contributed by atoms with Crippen LogP contribution in [0.5, 0.6) is 0 Å². The molecule has 1 unspecified atom stereocenters. The maximum atomic E-state index is 10.9. The van der Waals surface area contributed by atoms with Gasteiger partial charge < -0.3 is 10.0 Å². The number of nitrogens with zero attached hydrogens (tertiary/aromatic N) is 2. The summed E-state index contributed by atoms with van der Waals surface area (Å²) in [5, 5.41) is 11.0. The van der Waals surface area contributed by atoms with Crippen LogP contribution in [0.4, 0.5) is 5.82 Å². The molecule has 1 atom stereocenters. The van der Waals surface area contributed by atoms with Crippen molar-refractivity contribution in [3.05, 3.63) is 45.8 Å². The quantitative estimate of drug-likeness (QED) is 0.930. The monoisotopic (exact) mass is 276 g/mol. The Morgan fingerprint density at radius 1 is 1.53 bits per heavy atom. The number of hydrogen-bond donors (Lipinski definition) is 1. The van der Waals surface area contributed by atoms with Crippen LogP contribution < -0.4 is 4.90 Å². The average Bonchev–Trinajstić information content (AvgIpc) is 2.90. The first-order chi connectivity index (χ1) is 9.00. The molecule has 0 fully saturated rings. The van der Waals surface area contributed by atoms with E-state index >= 15 is 0 Å². The number of hydrogen-bond acceptors (Lipinski definition) is 4. The second-order valence-corrected chi connectivity index (χ2v) is 5.45. The summed E-state index contributed by atoms with van der Waals surface area (Å²) in [7, 11) is 1.97. The lowest BCUT2D eigenvalue weighted by Crippen LogP contribution is -2.23. The normalized spacial score (nSPS) is 12.2. The molecule has 2 heterocycles. The number of carbonyl (C=O) groups is 1. The molecule has 2 aromatic heterocycles. The van der Waals surface area contributed by atoms with Crippen molar-refractivity contribution in [3.63, 3.8) is 0 Å². The largest absolute Gasteiger partial charge is 0.478 e. The molecular weight excluding hydrogens is 260 g/mol. The van der Waals surface area contributed by atoms with Gasteiger partial charge in [-0.15, -0.1) is 11.3 Å². The molecule has 0 saturated heterocycles. The van der Waals surface area contributed by atoms with Crippen molar-refractivity contribution in [3.8, 4) is 0 Å². The second kappa shape index (κ2) is 5.40. The number of anilines is 1. The molecule has 0 aliphatic carbocycles. The van der Waals surface area contributed by atoms with Gasteiger partial charge in [-0.1, -0.05) is 6.07 Å². The van der Waals surface area contributed by atoms with E-state index in [0.29, 0.717) is 0 Å². The van der Waals surface area contributed by atoms with E-state index in [9.17, 15) is 4.79 Å². The van der Waals surface area contributed by atoms with E-state index in [1.165, 1.54) is 11.1 Å². The Kier molecular flexibility index (Phi) is 3.85. The summed E-state index contributed by atoms with van der Waals surface area (Å²) >= 11 is 1.70. The number of carboxylic acid groups (broad SMARTS) is 1. The minimum atomic E-state index is -0.948. The lowest BCUT2D eigenvalue weighted by atomic mass is 10.1. The van der Waals surface area contributed by atoms with Crippen molar-refractivity contribution in [2.75, 3.05) is 11.9 Å². The van der Waals surface area contributed by atoms with E-state index in [2.05, 4.69) is 22.9 Å². The molecule has 0 amide bonds. The van der Waals surface area contributed by atoms with E-state index in [-0.39, 0.29) is 11.6 Å².